The van der Waals surface area contributed by atoms with Crippen LogP contribution in [0.4, 0.5) is 5.69 Å². The Morgan fingerprint density at radius 2 is 1.81 bits per heavy atom. The fraction of sp³-hybridized carbons (Fsp3) is 0.333. The first kappa shape index (κ1) is 17.9. The fourth-order valence-electron chi connectivity index (χ4n) is 3.45. The summed E-state index contributed by atoms with van der Waals surface area (Å²) in [5.41, 5.74) is 4.13. The summed E-state index contributed by atoms with van der Waals surface area (Å²) in [6.07, 6.45) is 2.57. The molecule has 2 aromatic rings. The molecule has 1 spiro atoms. The molecule has 2 aliphatic heterocycles. The van der Waals surface area contributed by atoms with Crippen LogP contribution in [0.2, 0.25) is 0 Å². The lowest BCUT2D eigenvalue weighted by Crippen LogP contribution is -2.45. The van der Waals surface area contributed by atoms with Gasteiger partial charge in [-0.2, -0.15) is 0 Å². The van der Waals surface area contributed by atoms with Gasteiger partial charge in [0.1, 0.15) is 5.60 Å². The van der Waals surface area contributed by atoms with Gasteiger partial charge in [0, 0.05) is 38.0 Å². The number of anilines is 1. The van der Waals surface area contributed by atoms with Crippen molar-refractivity contribution in [1.29, 1.82) is 0 Å². The third kappa shape index (κ3) is 4.28. The Balaban J connectivity index is 1.28. The van der Waals surface area contributed by atoms with Crippen LogP contribution in [0.15, 0.2) is 59.8 Å². The number of hydrogen-bond acceptors (Lipinski definition) is 5. The van der Waals surface area contributed by atoms with E-state index < -0.39 is 0 Å². The summed E-state index contributed by atoms with van der Waals surface area (Å²) in [4.78, 5) is 11.7. The first-order valence-electron chi connectivity index (χ1n) is 9.23. The average Bonchev–Trinajstić information content (AvgIpc) is 3.09. The van der Waals surface area contributed by atoms with Crippen LogP contribution >= 0.6 is 12.2 Å². The van der Waals surface area contributed by atoms with Gasteiger partial charge < -0.3 is 15.0 Å². The third-order valence-corrected chi connectivity index (χ3v) is 5.27. The van der Waals surface area contributed by atoms with Crippen molar-refractivity contribution in [2.75, 3.05) is 18.4 Å². The Bertz CT molecular complexity index is 828. The van der Waals surface area contributed by atoms with Crippen LogP contribution in [0.3, 0.4) is 0 Å². The van der Waals surface area contributed by atoms with E-state index in [1.807, 2.05) is 35.4 Å². The van der Waals surface area contributed by atoms with E-state index in [0.717, 1.165) is 49.3 Å². The smallest absolute Gasteiger partial charge is 0.283 e. The molecule has 2 aromatic carbocycles. The minimum absolute atomic E-state index is 0.214. The fourth-order valence-corrected chi connectivity index (χ4v) is 3.68. The zero-order valence-electron chi connectivity index (χ0n) is 15.4. The Morgan fingerprint density at radius 3 is 2.52 bits per heavy atom. The number of piperidine rings is 1. The second kappa shape index (κ2) is 7.66. The molecule has 0 unspecified atom stereocenters. The number of nitrogens with zero attached hydrogens (tertiary/aromatic N) is 2. The van der Waals surface area contributed by atoms with Gasteiger partial charge in [0.05, 0.1) is 5.71 Å². The lowest BCUT2D eigenvalue weighted by atomic mass is 9.86. The molecule has 6 heteroatoms. The molecule has 140 valence electrons. The molecule has 0 aromatic heterocycles. The second-order valence-electron chi connectivity index (χ2n) is 7.15. The first-order chi connectivity index (χ1) is 13.1. The van der Waals surface area contributed by atoms with Crippen LogP contribution < -0.4 is 5.32 Å². The second-order valence-corrected chi connectivity index (χ2v) is 7.52. The van der Waals surface area contributed by atoms with Gasteiger partial charge in [0.2, 0.25) is 0 Å². The van der Waals surface area contributed by atoms with Crippen LogP contribution in [-0.4, -0.2) is 34.6 Å². The summed E-state index contributed by atoms with van der Waals surface area (Å²) in [6.45, 7) is 3.60. The number of hydroxylamine groups is 2. The summed E-state index contributed by atoms with van der Waals surface area (Å²) in [6, 6.07) is 18.2. The van der Waals surface area contributed by atoms with Crippen LogP contribution in [-0.2, 0) is 9.68 Å². The number of rotatable bonds is 3. The highest BCUT2D eigenvalue weighted by Gasteiger charge is 2.43. The molecule has 0 saturated carbocycles. The van der Waals surface area contributed by atoms with E-state index in [4.69, 9.17) is 21.9 Å². The van der Waals surface area contributed by atoms with Crippen molar-refractivity contribution in [3.05, 3.63) is 65.7 Å². The molecule has 27 heavy (non-hydrogen) atoms. The van der Waals surface area contributed by atoms with Crippen LogP contribution in [0.25, 0.3) is 0 Å². The maximum absolute atomic E-state index is 5.88. The zero-order chi connectivity index (χ0) is 18.7. The summed E-state index contributed by atoms with van der Waals surface area (Å²) in [5, 5.41) is 9.73. The van der Waals surface area contributed by atoms with Crippen molar-refractivity contribution in [2.24, 2.45) is 5.16 Å². The van der Waals surface area contributed by atoms with Crippen molar-refractivity contribution < 1.29 is 9.68 Å². The number of nitrogens with one attached hydrogen (secondary N) is 1. The number of para-hydroxylation sites is 1. The standard InChI is InChI=1S/C21H23N3O2S/c1-16-7-9-17(10-8-16)19-15-21(26-23-19)11-13-24(14-12-21)25-20(27)22-18-5-3-2-4-6-18/h2-10H,11-15H2,1H3,(H,22,27). The van der Waals surface area contributed by atoms with E-state index in [-0.39, 0.29) is 5.60 Å². The van der Waals surface area contributed by atoms with E-state index in [1.165, 1.54) is 5.56 Å². The summed E-state index contributed by atoms with van der Waals surface area (Å²) < 4.78 is 0. The van der Waals surface area contributed by atoms with Crippen molar-refractivity contribution >= 4 is 28.8 Å². The van der Waals surface area contributed by atoms with Gasteiger partial charge in [-0.05, 0) is 36.8 Å². The largest absolute Gasteiger partial charge is 0.388 e. The van der Waals surface area contributed by atoms with E-state index in [0.29, 0.717) is 5.17 Å². The number of thiocarbonyl (C=S) groups is 1. The molecule has 0 bridgehead atoms. The minimum Gasteiger partial charge on any atom is -0.388 e. The highest BCUT2D eigenvalue weighted by Crippen LogP contribution is 2.36. The Labute approximate surface area is 164 Å². The molecule has 1 saturated heterocycles. The molecular formula is C21H23N3O2S. The predicted molar refractivity (Wildman–Crippen MR) is 111 cm³/mol. The van der Waals surface area contributed by atoms with Crippen molar-refractivity contribution in [3.8, 4) is 0 Å². The Morgan fingerprint density at radius 1 is 1.11 bits per heavy atom. The minimum atomic E-state index is -0.214. The molecule has 1 N–H and O–H groups in total. The maximum atomic E-state index is 5.88. The topological polar surface area (TPSA) is 46.1 Å². The molecule has 2 aliphatic rings. The molecule has 0 radical (unpaired) electrons. The normalized spacial score (nSPS) is 18.6. The Kier molecular flexibility index (Phi) is 5.09. The summed E-state index contributed by atoms with van der Waals surface area (Å²) in [5.74, 6) is 0. The number of hydrogen-bond donors (Lipinski definition) is 1. The molecule has 1 fully saturated rings. The molecule has 0 atom stereocenters. The van der Waals surface area contributed by atoms with Crippen molar-refractivity contribution in [1.82, 2.24) is 5.06 Å². The molecule has 0 aliphatic carbocycles. The molecule has 2 heterocycles. The van der Waals surface area contributed by atoms with Crippen LogP contribution in [0.5, 0.6) is 0 Å². The van der Waals surface area contributed by atoms with Gasteiger partial charge in [0.25, 0.3) is 5.17 Å². The molecule has 0 amide bonds. The quantitative estimate of drug-likeness (QED) is 0.804. The number of oxime groups is 1. The maximum Gasteiger partial charge on any atom is 0.283 e. The third-order valence-electron chi connectivity index (χ3n) is 5.09. The molecule has 5 nitrogen and oxygen atoms in total. The molecule has 4 rings (SSSR count). The van der Waals surface area contributed by atoms with E-state index in [9.17, 15) is 0 Å². The van der Waals surface area contributed by atoms with Gasteiger partial charge in [0.15, 0.2) is 0 Å². The van der Waals surface area contributed by atoms with Gasteiger partial charge in [-0.3, -0.25) is 0 Å². The van der Waals surface area contributed by atoms with Crippen LogP contribution in [0, 0.1) is 6.92 Å². The van der Waals surface area contributed by atoms with E-state index in [1.54, 1.807) is 0 Å². The monoisotopic (exact) mass is 381 g/mol. The van der Waals surface area contributed by atoms with Gasteiger partial charge >= 0.3 is 0 Å². The highest BCUT2D eigenvalue weighted by molar-refractivity contribution is 7.80. The summed E-state index contributed by atoms with van der Waals surface area (Å²) >= 11 is 5.31. The number of benzene rings is 2. The number of aryl methyl sites for hydroxylation is 1. The van der Waals surface area contributed by atoms with Gasteiger partial charge in [-0.25, -0.2) is 0 Å². The molecular weight excluding hydrogens is 358 g/mol. The SMILES string of the molecule is Cc1ccc(C2=NOC3(CCN(OC(=S)Nc4ccccc4)CC3)C2)cc1. The van der Waals surface area contributed by atoms with E-state index >= 15 is 0 Å². The zero-order valence-corrected chi connectivity index (χ0v) is 16.2. The first-order valence-corrected chi connectivity index (χ1v) is 9.64. The van der Waals surface area contributed by atoms with Gasteiger partial charge in [-0.1, -0.05) is 53.2 Å². The van der Waals surface area contributed by atoms with E-state index in [2.05, 4.69) is 41.7 Å². The van der Waals surface area contributed by atoms with Gasteiger partial charge in [-0.15, -0.1) is 5.06 Å². The lowest BCUT2D eigenvalue weighted by molar-refractivity contribution is -0.143. The van der Waals surface area contributed by atoms with Crippen LogP contribution in [0.1, 0.15) is 30.4 Å². The lowest BCUT2D eigenvalue weighted by Gasteiger charge is -2.36. The summed E-state index contributed by atoms with van der Waals surface area (Å²) in [7, 11) is 0. The predicted octanol–water partition coefficient (Wildman–Crippen LogP) is 4.28. The van der Waals surface area contributed by atoms with Crippen molar-refractivity contribution in [3.63, 3.8) is 0 Å². The van der Waals surface area contributed by atoms with Crippen molar-refractivity contribution in [2.45, 2.75) is 31.8 Å². The Hall–Kier alpha value is -2.44. The highest BCUT2D eigenvalue weighted by atomic mass is 32.1. The average molecular weight is 382 g/mol.